The van der Waals surface area contributed by atoms with E-state index in [0.717, 1.165) is 0 Å². The van der Waals surface area contributed by atoms with Crippen LogP contribution in [0.3, 0.4) is 0 Å². The lowest BCUT2D eigenvalue weighted by Gasteiger charge is -2.14. The van der Waals surface area contributed by atoms with Crippen molar-refractivity contribution in [3.05, 3.63) is 23.9 Å². The molecule has 1 aromatic heterocycles. The Labute approximate surface area is 85.2 Å². The molecule has 78 valence electrons. The number of aryl methyl sites for hydroxylation is 1. The third kappa shape index (κ3) is 2.69. The molecule has 0 aromatic carbocycles. The van der Waals surface area contributed by atoms with Gasteiger partial charge in [-0.2, -0.15) is 0 Å². The Hall–Kier alpha value is -1.12. The van der Waals surface area contributed by atoms with Crippen molar-refractivity contribution in [2.24, 2.45) is 5.92 Å². The highest BCUT2D eigenvalue weighted by atomic mass is 16.4. The lowest BCUT2D eigenvalue weighted by atomic mass is 9.92. The molecule has 3 heteroatoms. The van der Waals surface area contributed by atoms with Gasteiger partial charge in [-0.3, -0.25) is 0 Å². The minimum Gasteiger partial charge on any atom is -0.425 e. The first-order chi connectivity index (χ1) is 6.42. The highest BCUT2D eigenvalue weighted by molar-refractivity contribution is 5.12. The van der Waals surface area contributed by atoms with Crippen LogP contribution in [0.4, 0.5) is 0 Å². The van der Waals surface area contributed by atoms with Gasteiger partial charge >= 0.3 is 0 Å². The average Bonchev–Trinajstić information content (AvgIpc) is 2.49. The Balaban J connectivity index is 2.85. The summed E-state index contributed by atoms with van der Waals surface area (Å²) in [7, 11) is 0. The van der Waals surface area contributed by atoms with Crippen LogP contribution in [0.25, 0.3) is 0 Å². The van der Waals surface area contributed by atoms with Gasteiger partial charge in [0.25, 0.3) is 0 Å². The second-order valence-corrected chi connectivity index (χ2v) is 4.45. The Morgan fingerprint density at radius 3 is 2.36 bits per heavy atom. The van der Waals surface area contributed by atoms with E-state index in [-0.39, 0.29) is 5.41 Å². The van der Waals surface area contributed by atoms with Gasteiger partial charge in [0.2, 0.25) is 11.8 Å². The Morgan fingerprint density at radius 1 is 1.29 bits per heavy atom. The molecule has 1 aromatic rings. The molecule has 0 amide bonds. The Bertz CT molecular complexity index is 324. The summed E-state index contributed by atoms with van der Waals surface area (Å²) in [5.74, 6) is 1.83. The summed E-state index contributed by atoms with van der Waals surface area (Å²) in [6.07, 6.45) is 4.27. The number of rotatable bonds is 3. The van der Waals surface area contributed by atoms with Crippen LogP contribution in [0.2, 0.25) is 0 Å². The minimum atomic E-state index is -0.175. The molecule has 0 saturated carbocycles. The van der Waals surface area contributed by atoms with Gasteiger partial charge < -0.3 is 4.42 Å². The van der Waals surface area contributed by atoms with Crippen LogP contribution in [0.1, 0.15) is 39.5 Å². The highest BCUT2D eigenvalue weighted by Gasteiger charge is 2.23. The number of hydrogen-bond donors (Lipinski definition) is 0. The summed E-state index contributed by atoms with van der Waals surface area (Å²) in [6, 6.07) is 0. The topological polar surface area (TPSA) is 38.9 Å². The van der Waals surface area contributed by atoms with Gasteiger partial charge in [-0.15, -0.1) is 10.2 Å². The highest BCUT2D eigenvalue weighted by Crippen LogP contribution is 2.23. The Kier molecular flexibility index (Phi) is 3.09. The smallest absolute Gasteiger partial charge is 0.225 e. The molecule has 0 bridgehead atoms. The predicted molar refractivity (Wildman–Crippen MR) is 56.0 cm³/mol. The van der Waals surface area contributed by atoms with Crippen LogP contribution in [-0.2, 0) is 5.41 Å². The fourth-order valence-electron chi connectivity index (χ4n) is 1.06. The molecule has 0 aliphatic carbocycles. The van der Waals surface area contributed by atoms with Crippen molar-refractivity contribution < 1.29 is 4.42 Å². The number of nitrogens with zero attached hydrogens (tertiary/aromatic N) is 2. The molecule has 0 unspecified atom stereocenters. The van der Waals surface area contributed by atoms with E-state index in [2.05, 4.69) is 50.0 Å². The maximum absolute atomic E-state index is 5.41. The minimum absolute atomic E-state index is 0.175. The van der Waals surface area contributed by atoms with E-state index in [4.69, 9.17) is 4.42 Å². The van der Waals surface area contributed by atoms with E-state index in [1.54, 1.807) is 6.92 Å². The van der Waals surface area contributed by atoms with Gasteiger partial charge in [0.1, 0.15) is 0 Å². The van der Waals surface area contributed by atoms with Crippen molar-refractivity contribution in [2.75, 3.05) is 0 Å². The number of allylic oxidation sites excluding steroid dienone is 2. The molecular weight excluding hydrogens is 176 g/mol. The molecule has 0 fully saturated rings. The maximum atomic E-state index is 5.41. The normalized spacial score (nSPS) is 13.0. The average molecular weight is 194 g/mol. The maximum Gasteiger partial charge on any atom is 0.225 e. The van der Waals surface area contributed by atoms with Crippen LogP contribution in [0, 0.1) is 12.8 Å². The first kappa shape index (κ1) is 11.0. The summed E-state index contributed by atoms with van der Waals surface area (Å²) in [4.78, 5) is 0. The zero-order valence-corrected chi connectivity index (χ0v) is 9.53. The van der Waals surface area contributed by atoms with Crippen LogP contribution in [0.15, 0.2) is 16.6 Å². The first-order valence-electron chi connectivity index (χ1n) is 4.92. The number of hydrogen-bond acceptors (Lipinski definition) is 3. The second kappa shape index (κ2) is 3.95. The lowest BCUT2D eigenvalue weighted by molar-refractivity contribution is 0.404. The fourth-order valence-corrected chi connectivity index (χ4v) is 1.06. The molecule has 0 aliphatic rings. The van der Waals surface area contributed by atoms with Crippen molar-refractivity contribution in [2.45, 2.75) is 40.0 Å². The zero-order chi connectivity index (χ0) is 10.8. The summed E-state index contributed by atoms with van der Waals surface area (Å²) in [5.41, 5.74) is -0.175. The van der Waals surface area contributed by atoms with Gasteiger partial charge in [-0.25, -0.2) is 0 Å². The van der Waals surface area contributed by atoms with Crippen LogP contribution < -0.4 is 0 Å². The molecular formula is C11H18N2O. The van der Waals surface area contributed by atoms with Crippen molar-refractivity contribution >= 4 is 0 Å². The van der Waals surface area contributed by atoms with Gasteiger partial charge in [0, 0.05) is 6.92 Å². The van der Waals surface area contributed by atoms with Gasteiger partial charge in [0.05, 0.1) is 5.41 Å². The third-order valence-electron chi connectivity index (χ3n) is 1.98. The molecule has 0 radical (unpaired) electrons. The quantitative estimate of drug-likeness (QED) is 0.694. The largest absolute Gasteiger partial charge is 0.425 e. The zero-order valence-electron chi connectivity index (χ0n) is 9.53. The molecule has 1 rings (SSSR count). The SMILES string of the molecule is Cc1nnc(C(C)(C)/C=C/C(C)C)o1. The van der Waals surface area contributed by atoms with Gasteiger partial charge in [-0.05, 0) is 19.8 Å². The van der Waals surface area contributed by atoms with Gasteiger partial charge in [-0.1, -0.05) is 26.0 Å². The molecule has 3 nitrogen and oxygen atoms in total. The van der Waals surface area contributed by atoms with Crippen molar-refractivity contribution in [1.82, 2.24) is 10.2 Å². The molecule has 14 heavy (non-hydrogen) atoms. The summed E-state index contributed by atoms with van der Waals surface area (Å²) >= 11 is 0. The summed E-state index contributed by atoms with van der Waals surface area (Å²) in [6.45, 7) is 10.2. The van der Waals surface area contributed by atoms with Crippen LogP contribution in [-0.4, -0.2) is 10.2 Å². The molecule has 0 aliphatic heterocycles. The van der Waals surface area contributed by atoms with Crippen molar-refractivity contribution in [3.63, 3.8) is 0 Å². The Morgan fingerprint density at radius 2 is 1.93 bits per heavy atom. The molecule has 0 spiro atoms. The van der Waals surface area contributed by atoms with E-state index in [1.165, 1.54) is 0 Å². The second-order valence-electron chi connectivity index (χ2n) is 4.45. The lowest BCUT2D eigenvalue weighted by Crippen LogP contribution is -2.14. The van der Waals surface area contributed by atoms with E-state index in [0.29, 0.717) is 17.7 Å². The monoisotopic (exact) mass is 194 g/mol. The van der Waals surface area contributed by atoms with E-state index in [9.17, 15) is 0 Å². The molecule has 0 N–H and O–H groups in total. The van der Waals surface area contributed by atoms with Crippen molar-refractivity contribution in [3.8, 4) is 0 Å². The van der Waals surface area contributed by atoms with Crippen molar-refractivity contribution in [1.29, 1.82) is 0 Å². The van der Waals surface area contributed by atoms with E-state index in [1.807, 2.05) is 0 Å². The van der Waals surface area contributed by atoms with Crippen LogP contribution in [0.5, 0.6) is 0 Å². The molecule has 0 atom stereocenters. The predicted octanol–water partition coefficient (Wildman–Crippen LogP) is 2.87. The first-order valence-corrected chi connectivity index (χ1v) is 4.92. The van der Waals surface area contributed by atoms with Gasteiger partial charge in [0.15, 0.2) is 0 Å². The fraction of sp³-hybridized carbons (Fsp3) is 0.636. The third-order valence-corrected chi connectivity index (χ3v) is 1.98. The molecule has 1 heterocycles. The summed E-state index contributed by atoms with van der Waals surface area (Å²) < 4.78 is 5.41. The van der Waals surface area contributed by atoms with E-state index >= 15 is 0 Å². The van der Waals surface area contributed by atoms with Crippen LogP contribution >= 0.6 is 0 Å². The number of aromatic nitrogens is 2. The molecule has 0 saturated heterocycles. The summed E-state index contributed by atoms with van der Waals surface area (Å²) in [5, 5.41) is 7.86. The standard InChI is InChI=1S/C11H18N2O/c1-8(2)6-7-11(4,5)10-13-12-9(3)14-10/h6-8H,1-5H3/b7-6+. The van der Waals surface area contributed by atoms with E-state index < -0.39 is 0 Å².